The quantitative estimate of drug-likeness (QED) is 0.855. The molecule has 1 rings (SSSR count). The van der Waals surface area contributed by atoms with Crippen molar-refractivity contribution in [1.82, 2.24) is 0 Å². The van der Waals surface area contributed by atoms with Gasteiger partial charge >= 0.3 is 6.09 Å². The molecule has 16 heavy (non-hydrogen) atoms. The van der Waals surface area contributed by atoms with Gasteiger partial charge in [-0.05, 0) is 13.0 Å². The average molecular weight is 227 g/mol. The molecule has 0 spiro atoms. The van der Waals surface area contributed by atoms with Crippen LogP contribution in [0.1, 0.15) is 18.6 Å². The second-order valence-corrected chi connectivity index (χ2v) is 3.32. The molecule has 0 bridgehead atoms. The van der Waals surface area contributed by atoms with Crippen LogP contribution in [0.4, 0.5) is 9.18 Å². The Morgan fingerprint density at radius 1 is 1.44 bits per heavy atom. The number of amides is 1. The van der Waals surface area contributed by atoms with Crippen molar-refractivity contribution in [2.45, 2.75) is 19.1 Å². The van der Waals surface area contributed by atoms with Gasteiger partial charge < -0.3 is 15.2 Å². The zero-order valence-corrected chi connectivity index (χ0v) is 9.14. The van der Waals surface area contributed by atoms with E-state index in [1.165, 1.54) is 13.2 Å². The van der Waals surface area contributed by atoms with E-state index in [-0.39, 0.29) is 0 Å². The van der Waals surface area contributed by atoms with E-state index in [0.717, 1.165) is 0 Å². The summed E-state index contributed by atoms with van der Waals surface area (Å²) < 4.78 is 23.3. The molecule has 4 nitrogen and oxygen atoms in total. The van der Waals surface area contributed by atoms with Gasteiger partial charge in [-0.1, -0.05) is 18.2 Å². The molecule has 0 saturated heterocycles. The Morgan fingerprint density at radius 3 is 2.56 bits per heavy atom. The number of methoxy groups -OCH3 is 1. The van der Waals surface area contributed by atoms with Crippen molar-refractivity contribution >= 4 is 6.09 Å². The van der Waals surface area contributed by atoms with Gasteiger partial charge in [0.25, 0.3) is 0 Å². The van der Waals surface area contributed by atoms with Gasteiger partial charge in [0.1, 0.15) is 18.0 Å². The van der Waals surface area contributed by atoms with Crippen LogP contribution < -0.4 is 5.73 Å². The summed E-state index contributed by atoms with van der Waals surface area (Å²) in [6, 6.07) is 6.15. The number of carbonyl (C=O) groups is 1. The van der Waals surface area contributed by atoms with Crippen LogP contribution in [0.15, 0.2) is 24.3 Å². The van der Waals surface area contributed by atoms with E-state index < -0.39 is 24.1 Å². The van der Waals surface area contributed by atoms with Gasteiger partial charge in [-0.3, -0.25) is 0 Å². The standard InChI is InChI=1S/C11H14FNO3/c1-7(16-11(13)14)10(15-2)8-5-3-4-6-9(8)12/h3-7,10H,1-2H3,(H2,13,14). The second-order valence-electron chi connectivity index (χ2n) is 3.32. The number of hydrogen-bond donors (Lipinski definition) is 1. The van der Waals surface area contributed by atoms with Gasteiger partial charge in [0, 0.05) is 12.7 Å². The van der Waals surface area contributed by atoms with E-state index in [4.69, 9.17) is 15.2 Å². The number of ether oxygens (including phenoxy) is 2. The van der Waals surface area contributed by atoms with Crippen LogP contribution in [0.3, 0.4) is 0 Å². The fourth-order valence-electron chi connectivity index (χ4n) is 1.52. The Kier molecular flexibility index (Phi) is 4.25. The minimum atomic E-state index is -0.911. The molecule has 0 aliphatic carbocycles. The number of nitrogens with two attached hydrogens (primary N) is 1. The largest absolute Gasteiger partial charge is 0.444 e. The zero-order chi connectivity index (χ0) is 12.1. The van der Waals surface area contributed by atoms with Crippen molar-refractivity contribution in [1.29, 1.82) is 0 Å². The summed E-state index contributed by atoms with van der Waals surface area (Å²) in [6.45, 7) is 1.59. The molecule has 0 fully saturated rings. The zero-order valence-electron chi connectivity index (χ0n) is 9.14. The number of benzene rings is 1. The summed E-state index contributed by atoms with van der Waals surface area (Å²) >= 11 is 0. The van der Waals surface area contributed by atoms with Crippen LogP contribution in [0.2, 0.25) is 0 Å². The molecule has 2 unspecified atom stereocenters. The lowest BCUT2D eigenvalue weighted by molar-refractivity contribution is -0.0138. The highest BCUT2D eigenvalue weighted by Crippen LogP contribution is 2.24. The number of rotatable bonds is 4. The third-order valence-electron chi connectivity index (χ3n) is 2.19. The van der Waals surface area contributed by atoms with E-state index in [9.17, 15) is 9.18 Å². The van der Waals surface area contributed by atoms with E-state index in [0.29, 0.717) is 5.56 Å². The van der Waals surface area contributed by atoms with Crippen molar-refractivity contribution in [2.75, 3.05) is 7.11 Å². The first kappa shape index (κ1) is 12.4. The molecule has 0 aliphatic heterocycles. The van der Waals surface area contributed by atoms with Crippen LogP contribution in [0.25, 0.3) is 0 Å². The van der Waals surface area contributed by atoms with Gasteiger partial charge in [0.15, 0.2) is 0 Å². The van der Waals surface area contributed by atoms with Gasteiger partial charge in [-0.2, -0.15) is 0 Å². The van der Waals surface area contributed by atoms with Gasteiger partial charge in [-0.25, -0.2) is 9.18 Å². The molecule has 5 heteroatoms. The van der Waals surface area contributed by atoms with E-state index in [2.05, 4.69) is 0 Å². The molecule has 1 amide bonds. The maximum atomic E-state index is 13.5. The third-order valence-corrected chi connectivity index (χ3v) is 2.19. The molecular formula is C11H14FNO3. The molecule has 0 saturated carbocycles. The van der Waals surface area contributed by atoms with Crippen LogP contribution >= 0.6 is 0 Å². The fraction of sp³-hybridized carbons (Fsp3) is 0.364. The van der Waals surface area contributed by atoms with E-state index >= 15 is 0 Å². The lowest BCUT2D eigenvalue weighted by Crippen LogP contribution is -2.27. The van der Waals surface area contributed by atoms with Crippen molar-refractivity contribution in [3.8, 4) is 0 Å². The Hall–Kier alpha value is -1.62. The predicted octanol–water partition coefficient (Wildman–Crippen LogP) is 2.00. The summed E-state index contributed by atoms with van der Waals surface area (Å²) in [5.41, 5.74) is 5.22. The van der Waals surface area contributed by atoms with Crippen molar-refractivity contribution in [2.24, 2.45) is 5.73 Å². The van der Waals surface area contributed by atoms with Crippen LogP contribution in [-0.4, -0.2) is 19.3 Å². The van der Waals surface area contributed by atoms with Crippen LogP contribution in [-0.2, 0) is 9.47 Å². The highest BCUT2D eigenvalue weighted by molar-refractivity contribution is 5.64. The highest BCUT2D eigenvalue weighted by Gasteiger charge is 2.24. The summed E-state index contributed by atoms with van der Waals surface area (Å²) in [4.78, 5) is 10.6. The van der Waals surface area contributed by atoms with Crippen molar-refractivity contribution in [3.05, 3.63) is 35.6 Å². The normalized spacial score (nSPS) is 14.2. The van der Waals surface area contributed by atoms with Gasteiger partial charge in [0.2, 0.25) is 0 Å². The topological polar surface area (TPSA) is 61.6 Å². The first-order chi connectivity index (χ1) is 7.56. The monoisotopic (exact) mass is 227 g/mol. The lowest BCUT2D eigenvalue weighted by atomic mass is 10.0. The first-order valence-electron chi connectivity index (χ1n) is 4.79. The molecule has 1 aromatic carbocycles. The molecule has 2 N–H and O–H groups in total. The molecule has 0 aromatic heterocycles. The Labute approximate surface area is 93.2 Å². The summed E-state index contributed by atoms with van der Waals surface area (Å²) in [5, 5.41) is 0. The fourth-order valence-corrected chi connectivity index (χ4v) is 1.52. The molecule has 0 heterocycles. The highest BCUT2D eigenvalue weighted by atomic mass is 19.1. The molecule has 2 atom stereocenters. The molecule has 1 aromatic rings. The SMILES string of the molecule is COC(c1ccccc1F)C(C)OC(N)=O. The average Bonchev–Trinajstić information content (AvgIpc) is 2.20. The summed E-state index contributed by atoms with van der Waals surface area (Å²) in [7, 11) is 1.41. The van der Waals surface area contributed by atoms with Crippen molar-refractivity contribution < 1.29 is 18.7 Å². The number of hydrogen-bond acceptors (Lipinski definition) is 3. The summed E-state index contributed by atoms with van der Waals surface area (Å²) in [5.74, 6) is -0.408. The molecule has 0 aliphatic rings. The number of primary amides is 1. The predicted molar refractivity (Wildman–Crippen MR) is 56.3 cm³/mol. The van der Waals surface area contributed by atoms with Crippen molar-refractivity contribution in [3.63, 3.8) is 0 Å². The van der Waals surface area contributed by atoms with Crippen LogP contribution in [0.5, 0.6) is 0 Å². The lowest BCUT2D eigenvalue weighted by Gasteiger charge is -2.22. The van der Waals surface area contributed by atoms with Gasteiger partial charge in [-0.15, -0.1) is 0 Å². The van der Waals surface area contributed by atoms with Gasteiger partial charge in [0.05, 0.1) is 0 Å². The third kappa shape index (κ3) is 2.93. The number of carbonyl (C=O) groups excluding carboxylic acids is 1. The molecule has 0 radical (unpaired) electrons. The minimum Gasteiger partial charge on any atom is -0.444 e. The van der Waals surface area contributed by atoms with E-state index in [1.54, 1.807) is 25.1 Å². The molecular weight excluding hydrogens is 213 g/mol. The maximum absolute atomic E-state index is 13.5. The Balaban J connectivity index is 2.90. The van der Waals surface area contributed by atoms with Crippen LogP contribution in [0, 0.1) is 5.82 Å². The maximum Gasteiger partial charge on any atom is 0.404 e. The number of halogens is 1. The smallest absolute Gasteiger partial charge is 0.404 e. The minimum absolute atomic E-state index is 0.332. The first-order valence-corrected chi connectivity index (χ1v) is 4.79. The second kappa shape index (κ2) is 5.46. The Bertz CT molecular complexity index is 370. The van der Waals surface area contributed by atoms with E-state index in [1.807, 2.05) is 0 Å². The molecule has 88 valence electrons. The Morgan fingerprint density at radius 2 is 2.06 bits per heavy atom. The summed E-state index contributed by atoms with van der Waals surface area (Å²) in [6.07, 6.45) is -2.24.